The van der Waals surface area contributed by atoms with Crippen molar-refractivity contribution in [1.82, 2.24) is 5.32 Å². The van der Waals surface area contributed by atoms with Gasteiger partial charge in [-0.3, -0.25) is 10.1 Å². The van der Waals surface area contributed by atoms with Gasteiger partial charge < -0.3 is 5.73 Å². The van der Waals surface area contributed by atoms with Crippen molar-refractivity contribution in [2.24, 2.45) is 5.73 Å². The summed E-state index contributed by atoms with van der Waals surface area (Å²) in [6.07, 6.45) is 0. The fourth-order valence-electron chi connectivity index (χ4n) is 1.87. The maximum Gasteiger partial charge on any atom is 0.242 e. The van der Waals surface area contributed by atoms with Crippen molar-refractivity contribution in [3.8, 4) is 0 Å². The first-order chi connectivity index (χ1) is 9.43. The minimum Gasteiger partial charge on any atom is -0.368 e. The number of amides is 1. The van der Waals surface area contributed by atoms with Crippen molar-refractivity contribution in [2.45, 2.75) is 19.0 Å². The largest absolute Gasteiger partial charge is 0.368 e. The number of hydrogen-bond donors (Lipinski definition) is 2. The Labute approximate surface area is 119 Å². The highest BCUT2D eigenvalue weighted by molar-refractivity contribution is 7.09. The van der Waals surface area contributed by atoms with Crippen molar-refractivity contribution in [3.63, 3.8) is 0 Å². The molecule has 3 nitrogen and oxygen atoms in total. The molecule has 0 radical (unpaired) electrons. The van der Waals surface area contributed by atoms with E-state index < -0.39 is 23.1 Å². The van der Waals surface area contributed by atoms with E-state index in [9.17, 15) is 13.6 Å². The van der Waals surface area contributed by atoms with Gasteiger partial charge >= 0.3 is 0 Å². The van der Waals surface area contributed by atoms with Crippen molar-refractivity contribution in [3.05, 3.63) is 57.8 Å². The van der Waals surface area contributed by atoms with E-state index in [0.29, 0.717) is 6.54 Å². The van der Waals surface area contributed by atoms with Gasteiger partial charge in [-0.2, -0.15) is 0 Å². The van der Waals surface area contributed by atoms with Gasteiger partial charge in [-0.15, -0.1) is 11.3 Å². The third kappa shape index (κ3) is 2.86. The normalized spacial score (nSPS) is 13.9. The van der Waals surface area contributed by atoms with Crippen molar-refractivity contribution < 1.29 is 13.6 Å². The Bertz CT molecular complexity index is 616. The molecule has 2 aromatic rings. The van der Waals surface area contributed by atoms with Crippen LogP contribution in [0.25, 0.3) is 0 Å². The second kappa shape index (κ2) is 5.68. The van der Waals surface area contributed by atoms with Gasteiger partial charge in [0.15, 0.2) is 0 Å². The zero-order valence-corrected chi connectivity index (χ0v) is 11.6. The number of primary amides is 1. The summed E-state index contributed by atoms with van der Waals surface area (Å²) in [5, 5.41) is 4.80. The average molecular weight is 296 g/mol. The highest BCUT2D eigenvalue weighted by Crippen LogP contribution is 2.25. The molecule has 1 aromatic heterocycles. The van der Waals surface area contributed by atoms with Crippen LogP contribution in [0.5, 0.6) is 0 Å². The lowest BCUT2D eigenvalue weighted by molar-refractivity contribution is -0.124. The van der Waals surface area contributed by atoms with E-state index >= 15 is 0 Å². The van der Waals surface area contributed by atoms with Gasteiger partial charge in [0.2, 0.25) is 5.91 Å². The third-order valence-corrected chi connectivity index (χ3v) is 4.03. The zero-order valence-electron chi connectivity index (χ0n) is 10.8. The number of hydrogen-bond acceptors (Lipinski definition) is 3. The molecule has 0 spiro atoms. The van der Waals surface area contributed by atoms with Crippen LogP contribution in [0.4, 0.5) is 8.78 Å². The topological polar surface area (TPSA) is 55.1 Å². The molecule has 0 saturated carbocycles. The number of halogens is 2. The number of carbonyl (C=O) groups excluding carboxylic acids is 1. The van der Waals surface area contributed by atoms with E-state index in [1.54, 1.807) is 0 Å². The summed E-state index contributed by atoms with van der Waals surface area (Å²) in [6.45, 7) is 1.79. The van der Waals surface area contributed by atoms with Gasteiger partial charge in [-0.25, -0.2) is 8.78 Å². The van der Waals surface area contributed by atoms with Crippen LogP contribution in [0.15, 0.2) is 35.7 Å². The summed E-state index contributed by atoms with van der Waals surface area (Å²) >= 11 is 1.50. The molecule has 20 heavy (non-hydrogen) atoms. The van der Waals surface area contributed by atoms with E-state index in [1.165, 1.54) is 18.3 Å². The van der Waals surface area contributed by atoms with Crippen molar-refractivity contribution in [2.75, 3.05) is 0 Å². The average Bonchev–Trinajstić information content (AvgIpc) is 2.92. The second-order valence-corrected chi connectivity index (χ2v) is 5.58. The van der Waals surface area contributed by atoms with Crippen LogP contribution in [0.3, 0.4) is 0 Å². The molecule has 0 saturated heterocycles. The minimum absolute atomic E-state index is 0.0958. The monoisotopic (exact) mass is 296 g/mol. The number of benzene rings is 1. The van der Waals surface area contributed by atoms with Gasteiger partial charge in [0.1, 0.15) is 17.2 Å². The number of thiophene rings is 1. The van der Waals surface area contributed by atoms with Crippen LogP contribution < -0.4 is 11.1 Å². The zero-order chi connectivity index (χ0) is 14.8. The minimum atomic E-state index is -1.48. The lowest BCUT2D eigenvalue weighted by atomic mass is 9.90. The van der Waals surface area contributed by atoms with Crippen molar-refractivity contribution >= 4 is 17.2 Å². The first kappa shape index (κ1) is 14.6. The molecular formula is C14H14F2N2OS. The summed E-state index contributed by atoms with van der Waals surface area (Å²) in [7, 11) is 0. The van der Waals surface area contributed by atoms with Gasteiger partial charge in [0, 0.05) is 17.0 Å². The SMILES string of the molecule is CC(NCc1cccs1)(C(N)=O)c1cc(F)ccc1F. The molecule has 0 fully saturated rings. The molecular weight excluding hydrogens is 282 g/mol. The van der Waals surface area contributed by atoms with Crippen LogP contribution in [0.1, 0.15) is 17.4 Å². The first-order valence-electron chi connectivity index (χ1n) is 5.96. The quantitative estimate of drug-likeness (QED) is 0.891. The molecule has 0 aliphatic rings. The van der Waals surface area contributed by atoms with Crippen LogP contribution in [-0.2, 0) is 16.9 Å². The fraction of sp³-hybridized carbons (Fsp3) is 0.214. The molecule has 0 aliphatic heterocycles. The molecule has 0 aliphatic carbocycles. The molecule has 3 N–H and O–H groups in total. The summed E-state index contributed by atoms with van der Waals surface area (Å²) in [6, 6.07) is 6.72. The molecule has 0 bridgehead atoms. The Hall–Kier alpha value is -1.79. The Balaban J connectivity index is 2.33. The lowest BCUT2D eigenvalue weighted by Gasteiger charge is -2.28. The highest BCUT2D eigenvalue weighted by atomic mass is 32.1. The Kier molecular flexibility index (Phi) is 4.15. The Morgan fingerprint density at radius 1 is 1.40 bits per heavy atom. The standard InChI is InChI=1S/C14H14F2N2OS/c1-14(13(17)19,18-8-10-3-2-6-20-10)11-7-9(15)4-5-12(11)16/h2-7,18H,8H2,1H3,(H2,17,19). The highest BCUT2D eigenvalue weighted by Gasteiger charge is 2.35. The molecule has 1 amide bonds. The van der Waals surface area contributed by atoms with Gasteiger partial charge in [0.25, 0.3) is 0 Å². The first-order valence-corrected chi connectivity index (χ1v) is 6.84. The van der Waals surface area contributed by atoms with Crippen LogP contribution in [-0.4, -0.2) is 5.91 Å². The van der Waals surface area contributed by atoms with E-state index in [0.717, 1.165) is 23.1 Å². The maximum atomic E-state index is 13.9. The molecule has 1 unspecified atom stereocenters. The van der Waals surface area contributed by atoms with Crippen LogP contribution >= 0.6 is 11.3 Å². The van der Waals surface area contributed by atoms with Crippen molar-refractivity contribution in [1.29, 1.82) is 0 Å². The molecule has 6 heteroatoms. The van der Waals surface area contributed by atoms with E-state index in [1.807, 2.05) is 17.5 Å². The molecule has 106 valence electrons. The summed E-state index contributed by atoms with van der Waals surface area (Å²) in [4.78, 5) is 12.7. The molecule has 1 aromatic carbocycles. The molecule has 2 rings (SSSR count). The summed E-state index contributed by atoms with van der Waals surface area (Å²) < 4.78 is 27.2. The van der Waals surface area contributed by atoms with Gasteiger partial charge in [-0.1, -0.05) is 6.07 Å². The number of carbonyl (C=O) groups is 1. The summed E-state index contributed by atoms with van der Waals surface area (Å²) in [5.74, 6) is -2.06. The van der Waals surface area contributed by atoms with E-state index in [-0.39, 0.29) is 5.56 Å². The number of nitrogens with one attached hydrogen (secondary N) is 1. The maximum absolute atomic E-state index is 13.9. The third-order valence-electron chi connectivity index (χ3n) is 3.16. The second-order valence-electron chi connectivity index (χ2n) is 4.55. The number of rotatable bonds is 5. The lowest BCUT2D eigenvalue weighted by Crippen LogP contribution is -2.50. The van der Waals surface area contributed by atoms with Gasteiger partial charge in [-0.05, 0) is 36.6 Å². The predicted molar refractivity (Wildman–Crippen MR) is 74.1 cm³/mol. The number of nitrogens with two attached hydrogens (primary N) is 1. The van der Waals surface area contributed by atoms with E-state index in [4.69, 9.17) is 5.73 Å². The Morgan fingerprint density at radius 2 is 2.15 bits per heavy atom. The van der Waals surface area contributed by atoms with E-state index in [2.05, 4.69) is 5.32 Å². The smallest absolute Gasteiger partial charge is 0.242 e. The van der Waals surface area contributed by atoms with Gasteiger partial charge in [0.05, 0.1) is 0 Å². The predicted octanol–water partition coefficient (Wildman–Crippen LogP) is 2.52. The molecule has 1 atom stereocenters. The van der Waals surface area contributed by atoms with Crippen LogP contribution in [0.2, 0.25) is 0 Å². The molecule has 1 heterocycles. The Morgan fingerprint density at radius 3 is 2.75 bits per heavy atom. The van der Waals surface area contributed by atoms with Crippen LogP contribution in [0, 0.1) is 11.6 Å². The fourth-order valence-corrected chi connectivity index (χ4v) is 2.52. The summed E-state index contributed by atoms with van der Waals surface area (Å²) in [5.41, 5.74) is 3.80.